The maximum Gasteiger partial charge on any atom is 0.120 e. The summed E-state index contributed by atoms with van der Waals surface area (Å²) in [7, 11) is 4.97. The van der Waals surface area contributed by atoms with E-state index < -0.39 is 0 Å². The normalized spacial score (nSPS) is 10.9. The standard InChI is InChI=1S/C14H23NO4/c1-17-8-6-15(7-9-18-2)11-12-10-13(19-3)4-5-14(12)16/h4-5,10,16H,6-9,11H2,1-3H3. The SMILES string of the molecule is COCCN(CCOC)Cc1cc(OC)ccc1O. The Bertz CT molecular complexity index is 362. The van der Waals surface area contributed by atoms with Crippen LogP contribution in [0.25, 0.3) is 0 Å². The number of phenolic OH excluding ortho intramolecular Hbond substituents is 1. The van der Waals surface area contributed by atoms with Crippen molar-refractivity contribution in [3.8, 4) is 11.5 Å². The molecule has 1 aromatic rings. The van der Waals surface area contributed by atoms with Crippen molar-refractivity contribution >= 4 is 0 Å². The molecule has 0 spiro atoms. The van der Waals surface area contributed by atoms with E-state index in [1.54, 1.807) is 33.5 Å². The minimum atomic E-state index is 0.278. The highest BCUT2D eigenvalue weighted by molar-refractivity contribution is 5.39. The van der Waals surface area contributed by atoms with Gasteiger partial charge in [-0.2, -0.15) is 0 Å². The Morgan fingerprint density at radius 1 is 1.05 bits per heavy atom. The van der Waals surface area contributed by atoms with E-state index in [0.29, 0.717) is 19.8 Å². The van der Waals surface area contributed by atoms with Gasteiger partial charge in [-0.05, 0) is 18.2 Å². The van der Waals surface area contributed by atoms with Crippen molar-refractivity contribution in [3.05, 3.63) is 23.8 Å². The summed E-state index contributed by atoms with van der Waals surface area (Å²) < 4.78 is 15.4. The predicted molar refractivity (Wildman–Crippen MR) is 73.7 cm³/mol. The van der Waals surface area contributed by atoms with Gasteiger partial charge in [0.25, 0.3) is 0 Å². The topological polar surface area (TPSA) is 51.2 Å². The molecule has 19 heavy (non-hydrogen) atoms. The van der Waals surface area contributed by atoms with Gasteiger partial charge >= 0.3 is 0 Å². The lowest BCUT2D eigenvalue weighted by atomic mass is 10.1. The first-order valence-electron chi connectivity index (χ1n) is 6.27. The monoisotopic (exact) mass is 269 g/mol. The molecule has 0 aliphatic heterocycles. The summed E-state index contributed by atoms with van der Waals surface area (Å²) in [6, 6.07) is 5.24. The summed E-state index contributed by atoms with van der Waals surface area (Å²) in [4.78, 5) is 2.17. The summed E-state index contributed by atoms with van der Waals surface area (Å²) >= 11 is 0. The Balaban J connectivity index is 2.70. The lowest BCUT2D eigenvalue weighted by molar-refractivity contribution is 0.109. The van der Waals surface area contributed by atoms with Crippen LogP contribution >= 0.6 is 0 Å². The highest BCUT2D eigenvalue weighted by Crippen LogP contribution is 2.24. The van der Waals surface area contributed by atoms with Gasteiger partial charge in [-0.1, -0.05) is 0 Å². The van der Waals surface area contributed by atoms with Crippen molar-refractivity contribution in [2.45, 2.75) is 6.54 Å². The highest BCUT2D eigenvalue weighted by Gasteiger charge is 2.10. The number of aromatic hydroxyl groups is 1. The van der Waals surface area contributed by atoms with Crippen LogP contribution in [-0.4, -0.2) is 57.6 Å². The Hall–Kier alpha value is -1.30. The molecule has 0 atom stereocenters. The smallest absolute Gasteiger partial charge is 0.120 e. The molecule has 0 radical (unpaired) electrons. The fourth-order valence-electron chi connectivity index (χ4n) is 1.77. The first-order valence-corrected chi connectivity index (χ1v) is 6.27. The zero-order valence-electron chi connectivity index (χ0n) is 11.9. The fourth-order valence-corrected chi connectivity index (χ4v) is 1.77. The number of hydrogen-bond donors (Lipinski definition) is 1. The van der Waals surface area contributed by atoms with Crippen LogP contribution in [0, 0.1) is 0 Å². The molecule has 5 heteroatoms. The van der Waals surface area contributed by atoms with Gasteiger partial charge in [0.05, 0.1) is 20.3 Å². The number of nitrogens with zero attached hydrogens (tertiary/aromatic N) is 1. The zero-order valence-corrected chi connectivity index (χ0v) is 11.9. The van der Waals surface area contributed by atoms with Crippen LogP contribution in [0.4, 0.5) is 0 Å². The van der Waals surface area contributed by atoms with Gasteiger partial charge < -0.3 is 19.3 Å². The third kappa shape index (κ3) is 5.46. The quantitative estimate of drug-likeness (QED) is 0.736. The Labute approximate surface area is 114 Å². The van der Waals surface area contributed by atoms with Crippen molar-refractivity contribution < 1.29 is 19.3 Å². The van der Waals surface area contributed by atoms with Crippen LogP contribution < -0.4 is 4.74 Å². The number of ether oxygens (including phenoxy) is 3. The van der Waals surface area contributed by atoms with Gasteiger partial charge in [-0.15, -0.1) is 0 Å². The van der Waals surface area contributed by atoms with E-state index in [4.69, 9.17) is 14.2 Å². The molecule has 0 amide bonds. The second kappa shape index (κ2) is 8.74. The summed E-state index contributed by atoms with van der Waals surface area (Å²) in [5.74, 6) is 1.02. The average Bonchev–Trinajstić information content (AvgIpc) is 2.43. The van der Waals surface area contributed by atoms with Gasteiger partial charge in [-0.3, -0.25) is 4.90 Å². The molecular formula is C14H23NO4. The molecule has 0 saturated carbocycles. The average molecular weight is 269 g/mol. The molecule has 0 aliphatic rings. The lowest BCUT2D eigenvalue weighted by Gasteiger charge is -2.22. The molecule has 0 saturated heterocycles. The zero-order chi connectivity index (χ0) is 14.1. The van der Waals surface area contributed by atoms with Crippen molar-refractivity contribution in [1.82, 2.24) is 4.90 Å². The highest BCUT2D eigenvalue weighted by atomic mass is 16.5. The van der Waals surface area contributed by atoms with Crippen LogP contribution in [0.3, 0.4) is 0 Å². The molecular weight excluding hydrogens is 246 g/mol. The van der Waals surface area contributed by atoms with E-state index in [1.165, 1.54) is 0 Å². The van der Waals surface area contributed by atoms with E-state index in [1.807, 2.05) is 6.07 Å². The number of benzene rings is 1. The molecule has 0 aromatic heterocycles. The van der Waals surface area contributed by atoms with Crippen LogP contribution in [0.2, 0.25) is 0 Å². The Kier molecular flexibility index (Phi) is 7.25. The van der Waals surface area contributed by atoms with E-state index in [0.717, 1.165) is 24.4 Å². The summed E-state index contributed by atoms with van der Waals surface area (Å²) in [6.45, 7) is 3.51. The molecule has 1 aromatic carbocycles. The van der Waals surface area contributed by atoms with E-state index in [2.05, 4.69) is 4.90 Å². The fraction of sp³-hybridized carbons (Fsp3) is 0.571. The van der Waals surface area contributed by atoms with Crippen molar-refractivity contribution in [2.75, 3.05) is 47.6 Å². The molecule has 108 valence electrons. The Morgan fingerprint density at radius 2 is 1.68 bits per heavy atom. The van der Waals surface area contributed by atoms with Crippen LogP contribution in [0.5, 0.6) is 11.5 Å². The third-order valence-electron chi connectivity index (χ3n) is 2.90. The number of phenols is 1. The molecule has 0 bridgehead atoms. The number of hydrogen-bond acceptors (Lipinski definition) is 5. The first kappa shape index (κ1) is 15.8. The van der Waals surface area contributed by atoms with E-state index in [-0.39, 0.29) is 5.75 Å². The third-order valence-corrected chi connectivity index (χ3v) is 2.90. The van der Waals surface area contributed by atoms with Gasteiger partial charge in [0, 0.05) is 39.4 Å². The molecule has 5 nitrogen and oxygen atoms in total. The van der Waals surface area contributed by atoms with Crippen molar-refractivity contribution in [3.63, 3.8) is 0 Å². The van der Waals surface area contributed by atoms with Gasteiger partial charge in [0.15, 0.2) is 0 Å². The minimum absolute atomic E-state index is 0.278. The van der Waals surface area contributed by atoms with Crippen LogP contribution in [0.1, 0.15) is 5.56 Å². The molecule has 1 rings (SSSR count). The summed E-state index contributed by atoms with van der Waals surface area (Å²) in [5, 5.41) is 9.89. The first-order chi connectivity index (χ1) is 9.21. The minimum Gasteiger partial charge on any atom is -0.508 e. The lowest BCUT2D eigenvalue weighted by Crippen LogP contribution is -2.30. The molecule has 0 unspecified atom stereocenters. The Morgan fingerprint density at radius 3 is 2.21 bits per heavy atom. The molecule has 1 N–H and O–H groups in total. The summed E-state index contributed by atoms with van der Waals surface area (Å²) in [5.41, 5.74) is 0.839. The van der Waals surface area contributed by atoms with E-state index >= 15 is 0 Å². The van der Waals surface area contributed by atoms with Crippen LogP contribution in [-0.2, 0) is 16.0 Å². The van der Waals surface area contributed by atoms with Crippen molar-refractivity contribution in [2.24, 2.45) is 0 Å². The summed E-state index contributed by atoms with van der Waals surface area (Å²) in [6.07, 6.45) is 0. The maximum absolute atomic E-state index is 9.89. The molecule has 0 fully saturated rings. The second-order valence-electron chi connectivity index (χ2n) is 4.26. The van der Waals surface area contributed by atoms with Gasteiger partial charge in [-0.25, -0.2) is 0 Å². The van der Waals surface area contributed by atoms with Gasteiger partial charge in [0.1, 0.15) is 11.5 Å². The van der Waals surface area contributed by atoms with Crippen LogP contribution in [0.15, 0.2) is 18.2 Å². The predicted octanol–water partition coefficient (Wildman–Crippen LogP) is 1.50. The maximum atomic E-state index is 9.89. The van der Waals surface area contributed by atoms with E-state index in [9.17, 15) is 5.11 Å². The van der Waals surface area contributed by atoms with Gasteiger partial charge in [0.2, 0.25) is 0 Å². The van der Waals surface area contributed by atoms with Crippen molar-refractivity contribution in [1.29, 1.82) is 0 Å². The number of methoxy groups -OCH3 is 3. The number of rotatable bonds is 9. The second-order valence-corrected chi connectivity index (χ2v) is 4.26. The largest absolute Gasteiger partial charge is 0.508 e. The molecule has 0 heterocycles. The molecule has 0 aliphatic carbocycles.